The fourth-order valence-corrected chi connectivity index (χ4v) is 2.41. The predicted molar refractivity (Wildman–Crippen MR) is 55.2 cm³/mol. The van der Waals surface area contributed by atoms with Crippen molar-refractivity contribution in [2.24, 2.45) is 5.73 Å². The quantitative estimate of drug-likeness (QED) is 0.745. The van der Waals surface area contributed by atoms with Gasteiger partial charge in [0, 0.05) is 13.2 Å². The summed E-state index contributed by atoms with van der Waals surface area (Å²) in [6.45, 7) is 2.48. The molecule has 0 unspecified atom stereocenters. The normalized spacial score (nSPS) is 27.2. The molecule has 0 spiro atoms. The van der Waals surface area contributed by atoms with Gasteiger partial charge in [-0.15, -0.1) is 0 Å². The second kappa shape index (κ2) is 4.60. The maximum atomic E-state index is 6.20. The van der Waals surface area contributed by atoms with Gasteiger partial charge < -0.3 is 15.2 Å². The minimum Gasteiger partial charge on any atom is -0.381 e. The van der Waals surface area contributed by atoms with Crippen LogP contribution in [0.25, 0.3) is 0 Å². The second-order valence-electron chi connectivity index (χ2n) is 4.50. The number of nitrogens with two attached hydrogens (primary N) is 1. The van der Waals surface area contributed by atoms with E-state index in [0.29, 0.717) is 6.10 Å². The first kappa shape index (κ1) is 10.4. The average Bonchev–Trinajstić information content (AvgIpc) is 2.16. The Hall–Kier alpha value is -0.120. The largest absolute Gasteiger partial charge is 0.381 e. The van der Waals surface area contributed by atoms with Crippen LogP contribution in [0.5, 0.6) is 0 Å². The highest BCUT2D eigenvalue weighted by atomic mass is 16.5. The van der Waals surface area contributed by atoms with E-state index in [1.165, 1.54) is 19.3 Å². The molecule has 1 aliphatic carbocycles. The zero-order valence-electron chi connectivity index (χ0n) is 8.84. The number of hydrogen-bond acceptors (Lipinski definition) is 3. The molecular weight excluding hydrogens is 178 g/mol. The Morgan fingerprint density at radius 3 is 2.50 bits per heavy atom. The van der Waals surface area contributed by atoms with Crippen molar-refractivity contribution in [1.29, 1.82) is 0 Å². The zero-order chi connectivity index (χ0) is 9.86. The van der Waals surface area contributed by atoms with E-state index >= 15 is 0 Å². The SMILES string of the molecule is NCCC1(OC2CCOCC2)CCC1. The zero-order valence-corrected chi connectivity index (χ0v) is 8.84. The van der Waals surface area contributed by atoms with E-state index in [1.54, 1.807) is 0 Å². The van der Waals surface area contributed by atoms with Crippen LogP contribution in [0.2, 0.25) is 0 Å². The van der Waals surface area contributed by atoms with Gasteiger partial charge in [0.2, 0.25) is 0 Å². The molecule has 3 nitrogen and oxygen atoms in total. The van der Waals surface area contributed by atoms with Crippen LogP contribution in [0.4, 0.5) is 0 Å². The minimum absolute atomic E-state index is 0.150. The Bertz CT molecular complexity index is 174. The van der Waals surface area contributed by atoms with E-state index in [0.717, 1.165) is 39.0 Å². The number of ether oxygens (including phenoxy) is 2. The summed E-state index contributed by atoms with van der Waals surface area (Å²) in [6, 6.07) is 0. The molecule has 0 radical (unpaired) electrons. The van der Waals surface area contributed by atoms with Crippen LogP contribution in [0.15, 0.2) is 0 Å². The summed E-state index contributed by atoms with van der Waals surface area (Å²) in [5.41, 5.74) is 5.77. The lowest BCUT2D eigenvalue weighted by atomic mass is 9.77. The molecule has 2 rings (SSSR count). The molecule has 14 heavy (non-hydrogen) atoms. The van der Waals surface area contributed by atoms with E-state index in [2.05, 4.69) is 0 Å². The summed E-state index contributed by atoms with van der Waals surface area (Å²) >= 11 is 0. The van der Waals surface area contributed by atoms with Crippen LogP contribution in [-0.2, 0) is 9.47 Å². The summed E-state index contributed by atoms with van der Waals surface area (Å²) in [5, 5.41) is 0. The molecule has 0 bridgehead atoms. The monoisotopic (exact) mass is 199 g/mol. The predicted octanol–water partition coefficient (Wildman–Crippen LogP) is 1.45. The molecule has 82 valence electrons. The van der Waals surface area contributed by atoms with Crippen molar-refractivity contribution in [2.45, 2.75) is 50.2 Å². The highest BCUT2D eigenvalue weighted by Crippen LogP contribution is 2.40. The first-order valence-electron chi connectivity index (χ1n) is 5.80. The van der Waals surface area contributed by atoms with Gasteiger partial charge in [-0.05, 0) is 45.1 Å². The maximum Gasteiger partial charge on any atom is 0.0698 e. The van der Waals surface area contributed by atoms with Gasteiger partial charge in [-0.2, -0.15) is 0 Å². The topological polar surface area (TPSA) is 44.5 Å². The number of hydrogen-bond donors (Lipinski definition) is 1. The van der Waals surface area contributed by atoms with E-state index in [4.69, 9.17) is 15.2 Å². The van der Waals surface area contributed by atoms with Gasteiger partial charge in [0.25, 0.3) is 0 Å². The van der Waals surface area contributed by atoms with E-state index in [-0.39, 0.29) is 5.60 Å². The minimum atomic E-state index is 0.150. The Morgan fingerprint density at radius 2 is 2.00 bits per heavy atom. The van der Waals surface area contributed by atoms with Crippen molar-refractivity contribution in [3.8, 4) is 0 Å². The summed E-state index contributed by atoms with van der Waals surface area (Å²) < 4.78 is 11.5. The lowest BCUT2D eigenvalue weighted by Gasteiger charge is -2.44. The van der Waals surface area contributed by atoms with Crippen LogP contribution in [0, 0.1) is 0 Å². The Balaban J connectivity index is 1.80. The molecule has 0 aromatic carbocycles. The molecule has 1 heterocycles. The van der Waals surface area contributed by atoms with Gasteiger partial charge in [-0.25, -0.2) is 0 Å². The smallest absolute Gasteiger partial charge is 0.0698 e. The van der Waals surface area contributed by atoms with E-state index in [9.17, 15) is 0 Å². The molecule has 1 saturated heterocycles. The molecule has 1 saturated carbocycles. The van der Waals surface area contributed by atoms with Gasteiger partial charge in [0.1, 0.15) is 0 Å². The van der Waals surface area contributed by atoms with Crippen molar-refractivity contribution >= 4 is 0 Å². The maximum absolute atomic E-state index is 6.20. The lowest BCUT2D eigenvalue weighted by Crippen LogP contribution is -2.45. The molecule has 2 N–H and O–H groups in total. The van der Waals surface area contributed by atoms with Crippen LogP contribution < -0.4 is 5.73 Å². The Labute approximate surface area is 85.9 Å². The van der Waals surface area contributed by atoms with Gasteiger partial charge in [-0.1, -0.05) is 0 Å². The number of rotatable bonds is 4. The summed E-state index contributed by atoms with van der Waals surface area (Å²) in [7, 11) is 0. The van der Waals surface area contributed by atoms with E-state index in [1.807, 2.05) is 0 Å². The molecule has 0 aromatic heterocycles. The van der Waals surface area contributed by atoms with Gasteiger partial charge in [-0.3, -0.25) is 0 Å². The molecular formula is C11H21NO2. The fraction of sp³-hybridized carbons (Fsp3) is 1.00. The molecule has 0 amide bonds. The van der Waals surface area contributed by atoms with Crippen LogP contribution in [0.1, 0.15) is 38.5 Å². The van der Waals surface area contributed by atoms with E-state index < -0.39 is 0 Å². The van der Waals surface area contributed by atoms with Crippen molar-refractivity contribution in [3.63, 3.8) is 0 Å². The molecule has 0 aromatic rings. The second-order valence-corrected chi connectivity index (χ2v) is 4.50. The first-order valence-corrected chi connectivity index (χ1v) is 5.80. The molecule has 2 fully saturated rings. The average molecular weight is 199 g/mol. The third-order valence-electron chi connectivity index (χ3n) is 3.45. The van der Waals surface area contributed by atoms with Crippen LogP contribution in [-0.4, -0.2) is 31.5 Å². The van der Waals surface area contributed by atoms with Crippen molar-refractivity contribution < 1.29 is 9.47 Å². The third-order valence-corrected chi connectivity index (χ3v) is 3.45. The first-order chi connectivity index (χ1) is 6.85. The molecule has 3 heteroatoms. The van der Waals surface area contributed by atoms with Gasteiger partial charge >= 0.3 is 0 Å². The molecule has 0 atom stereocenters. The van der Waals surface area contributed by atoms with Crippen molar-refractivity contribution in [3.05, 3.63) is 0 Å². The summed E-state index contributed by atoms with van der Waals surface area (Å²) in [6.07, 6.45) is 7.31. The van der Waals surface area contributed by atoms with Crippen LogP contribution >= 0.6 is 0 Å². The Kier molecular flexibility index (Phi) is 3.42. The summed E-state index contributed by atoms with van der Waals surface area (Å²) in [4.78, 5) is 0. The van der Waals surface area contributed by atoms with Gasteiger partial charge in [0.05, 0.1) is 11.7 Å². The van der Waals surface area contributed by atoms with Crippen molar-refractivity contribution in [2.75, 3.05) is 19.8 Å². The molecule has 2 aliphatic rings. The molecule has 1 aliphatic heterocycles. The van der Waals surface area contributed by atoms with Crippen LogP contribution in [0.3, 0.4) is 0 Å². The lowest BCUT2D eigenvalue weighted by molar-refractivity contribution is -0.163. The Morgan fingerprint density at radius 1 is 1.29 bits per heavy atom. The van der Waals surface area contributed by atoms with Gasteiger partial charge in [0.15, 0.2) is 0 Å². The highest BCUT2D eigenvalue weighted by molar-refractivity contribution is 4.91. The highest BCUT2D eigenvalue weighted by Gasteiger charge is 2.39. The third kappa shape index (κ3) is 2.27. The van der Waals surface area contributed by atoms with Crippen molar-refractivity contribution in [1.82, 2.24) is 0 Å². The fourth-order valence-electron chi connectivity index (χ4n) is 2.41. The standard InChI is InChI=1S/C11H21NO2/c12-7-6-11(4-1-5-11)14-10-2-8-13-9-3-10/h10H,1-9,12H2. The summed E-state index contributed by atoms with van der Waals surface area (Å²) in [5.74, 6) is 0.